The van der Waals surface area contributed by atoms with Crippen LogP contribution in [0.3, 0.4) is 0 Å². The lowest BCUT2D eigenvalue weighted by atomic mass is 9.92. The number of nitrogens with two attached hydrogens (primary N) is 1. The normalized spacial score (nSPS) is 17.8. The van der Waals surface area contributed by atoms with Crippen LogP contribution in [0.4, 0.5) is 0 Å². The Hall–Kier alpha value is -0.180. The molecule has 0 aromatic carbocycles. The van der Waals surface area contributed by atoms with Gasteiger partial charge in [0, 0.05) is 6.54 Å². The van der Waals surface area contributed by atoms with Crippen molar-refractivity contribution in [3.8, 4) is 0 Å². The lowest BCUT2D eigenvalue weighted by Gasteiger charge is -2.19. The number of aliphatic carboxylic acids is 1. The summed E-state index contributed by atoms with van der Waals surface area (Å²) in [5, 5.41) is 11.6. The van der Waals surface area contributed by atoms with E-state index in [1.54, 1.807) is 0 Å². The molecule has 0 aliphatic carbocycles. The third-order valence-electron chi connectivity index (χ3n) is 2.14. The number of nitrogens with one attached hydrogen (secondary N) is 1. The Balaban J connectivity index is 3.84. The molecule has 4 N–H and O–H groups in total. The Kier molecular flexibility index (Phi) is 6.21. The van der Waals surface area contributed by atoms with Crippen LogP contribution in [-0.4, -0.2) is 23.7 Å². The van der Waals surface area contributed by atoms with Crippen LogP contribution in [0.2, 0.25) is 0 Å². The second kappa shape index (κ2) is 6.30. The van der Waals surface area contributed by atoms with E-state index in [1.165, 1.54) is 0 Å². The highest BCUT2D eigenvalue weighted by molar-refractivity contribution is 7.13. The average molecular weight is 206 g/mol. The Labute approximate surface area is 81.5 Å². The summed E-state index contributed by atoms with van der Waals surface area (Å²) in [7, 11) is 2.43. The highest BCUT2D eigenvalue weighted by Crippen LogP contribution is 2.14. The summed E-state index contributed by atoms with van der Waals surface area (Å²) in [6.07, 6.45) is 0.828. The lowest BCUT2D eigenvalue weighted by molar-refractivity contribution is -0.139. The third-order valence-corrected chi connectivity index (χ3v) is 2.37. The molecule has 0 aromatic heterocycles. The molecule has 0 aromatic rings. The molecule has 0 radical (unpaired) electrons. The molecule has 0 aliphatic rings. The van der Waals surface area contributed by atoms with Gasteiger partial charge >= 0.3 is 5.97 Å². The van der Waals surface area contributed by atoms with Crippen LogP contribution < -0.4 is 10.8 Å². The SMILES string of the molecule is CC(CNP)CC(C)C(N)C(=O)O. The van der Waals surface area contributed by atoms with E-state index < -0.39 is 12.0 Å². The van der Waals surface area contributed by atoms with Crippen LogP contribution in [0.15, 0.2) is 0 Å². The van der Waals surface area contributed by atoms with Crippen molar-refractivity contribution in [3.63, 3.8) is 0 Å². The summed E-state index contributed by atoms with van der Waals surface area (Å²) in [5.74, 6) is -0.456. The molecule has 13 heavy (non-hydrogen) atoms. The monoisotopic (exact) mass is 206 g/mol. The van der Waals surface area contributed by atoms with Gasteiger partial charge in [0.2, 0.25) is 0 Å². The molecule has 0 aliphatic heterocycles. The molecule has 0 saturated carbocycles. The van der Waals surface area contributed by atoms with Gasteiger partial charge in [0.15, 0.2) is 0 Å². The van der Waals surface area contributed by atoms with E-state index in [0.717, 1.165) is 13.0 Å². The maximum absolute atomic E-state index is 10.5. The molecule has 5 heteroatoms. The largest absolute Gasteiger partial charge is 0.480 e. The Bertz CT molecular complexity index is 166. The van der Waals surface area contributed by atoms with Crippen LogP contribution in [0.25, 0.3) is 0 Å². The summed E-state index contributed by atoms with van der Waals surface area (Å²) in [4.78, 5) is 10.5. The highest BCUT2D eigenvalue weighted by Gasteiger charge is 2.21. The molecule has 4 atom stereocenters. The number of carbonyl (C=O) groups is 1. The van der Waals surface area contributed by atoms with E-state index in [4.69, 9.17) is 10.8 Å². The summed E-state index contributed by atoms with van der Waals surface area (Å²) >= 11 is 0. The van der Waals surface area contributed by atoms with E-state index in [-0.39, 0.29) is 5.92 Å². The minimum absolute atomic E-state index is 0.0193. The maximum Gasteiger partial charge on any atom is 0.320 e. The van der Waals surface area contributed by atoms with Crippen molar-refractivity contribution in [2.24, 2.45) is 17.6 Å². The topological polar surface area (TPSA) is 75.3 Å². The number of hydrogen-bond acceptors (Lipinski definition) is 3. The first kappa shape index (κ1) is 12.8. The van der Waals surface area contributed by atoms with Gasteiger partial charge in [-0.25, -0.2) is 0 Å². The zero-order chi connectivity index (χ0) is 10.4. The molecule has 0 bridgehead atoms. The first-order valence-electron chi connectivity index (χ1n) is 4.40. The summed E-state index contributed by atoms with van der Waals surface area (Å²) < 4.78 is 0. The minimum atomic E-state index is -0.918. The quantitative estimate of drug-likeness (QED) is 0.551. The minimum Gasteiger partial charge on any atom is -0.480 e. The van der Waals surface area contributed by atoms with Crippen LogP contribution in [-0.2, 0) is 4.79 Å². The Morgan fingerprint density at radius 3 is 2.54 bits per heavy atom. The van der Waals surface area contributed by atoms with Gasteiger partial charge in [-0.05, 0) is 18.3 Å². The van der Waals surface area contributed by atoms with Crippen molar-refractivity contribution >= 4 is 15.4 Å². The fourth-order valence-corrected chi connectivity index (χ4v) is 1.71. The van der Waals surface area contributed by atoms with Crippen LogP contribution >= 0.6 is 9.39 Å². The molecular formula is C8H19N2O2P. The first-order chi connectivity index (χ1) is 5.99. The first-order valence-corrected chi connectivity index (χ1v) is 4.98. The van der Waals surface area contributed by atoms with Gasteiger partial charge in [-0.1, -0.05) is 23.2 Å². The van der Waals surface area contributed by atoms with Crippen LogP contribution in [0.1, 0.15) is 20.3 Å². The zero-order valence-corrected chi connectivity index (χ0v) is 9.31. The van der Waals surface area contributed by atoms with E-state index in [0.29, 0.717) is 5.92 Å². The standard InChI is InChI=1S/C8H19N2O2P/c1-5(4-10-13)3-6(2)7(9)8(11)12/h5-7,10H,3-4,9,13H2,1-2H3,(H,11,12). The van der Waals surface area contributed by atoms with Crippen molar-refractivity contribution in [3.05, 3.63) is 0 Å². The lowest BCUT2D eigenvalue weighted by Crippen LogP contribution is -2.37. The van der Waals surface area contributed by atoms with Gasteiger partial charge < -0.3 is 15.9 Å². The third kappa shape index (κ3) is 5.19. The van der Waals surface area contributed by atoms with Gasteiger partial charge in [-0.2, -0.15) is 0 Å². The van der Waals surface area contributed by atoms with Gasteiger partial charge in [-0.15, -0.1) is 0 Å². The molecule has 0 rings (SSSR count). The van der Waals surface area contributed by atoms with Crippen molar-refractivity contribution < 1.29 is 9.90 Å². The van der Waals surface area contributed by atoms with E-state index in [1.807, 2.05) is 6.92 Å². The fraction of sp³-hybridized carbons (Fsp3) is 0.875. The molecule has 0 spiro atoms. The Morgan fingerprint density at radius 2 is 2.15 bits per heavy atom. The molecule has 4 unspecified atom stereocenters. The van der Waals surface area contributed by atoms with E-state index in [9.17, 15) is 4.79 Å². The van der Waals surface area contributed by atoms with Gasteiger partial charge in [0.1, 0.15) is 6.04 Å². The number of hydrogen-bond donors (Lipinski definition) is 3. The molecule has 0 saturated heterocycles. The zero-order valence-electron chi connectivity index (χ0n) is 8.16. The molecular weight excluding hydrogens is 187 g/mol. The Morgan fingerprint density at radius 1 is 1.62 bits per heavy atom. The number of carboxylic acid groups (broad SMARTS) is 1. The smallest absolute Gasteiger partial charge is 0.320 e. The molecule has 78 valence electrons. The highest BCUT2D eigenvalue weighted by atomic mass is 31.0. The molecule has 4 nitrogen and oxygen atoms in total. The van der Waals surface area contributed by atoms with E-state index >= 15 is 0 Å². The molecule has 0 fully saturated rings. The van der Waals surface area contributed by atoms with E-state index in [2.05, 4.69) is 21.4 Å². The van der Waals surface area contributed by atoms with Crippen molar-refractivity contribution in [2.45, 2.75) is 26.3 Å². The van der Waals surface area contributed by atoms with Crippen molar-refractivity contribution in [1.82, 2.24) is 5.09 Å². The van der Waals surface area contributed by atoms with Crippen molar-refractivity contribution in [1.29, 1.82) is 0 Å². The second-order valence-corrected chi connectivity index (χ2v) is 4.00. The summed E-state index contributed by atoms with van der Waals surface area (Å²) in [5.41, 5.74) is 5.48. The average Bonchev–Trinajstić information content (AvgIpc) is 2.03. The van der Waals surface area contributed by atoms with Gasteiger partial charge in [0.25, 0.3) is 0 Å². The van der Waals surface area contributed by atoms with Gasteiger partial charge in [0.05, 0.1) is 0 Å². The summed E-state index contributed by atoms with van der Waals surface area (Å²) in [6, 6.07) is -0.744. The van der Waals surface area contributed by atoms with Crippen molar-refractivity contribution in [2.75, 3.05) is 6.54 Å². The fourth-order valence-electron chi connectivity index (χ4n) is 1.31. The van der Waals surface area contributed by atoms with Crippen LogP contribution in [0.5, 0.6) is 0 Å². The van der Waals surface area contributed by atoms with Crippen LogP contribution in [0, 0.1) is 11.8 Å². The molecule has 0 heterocycles. The maximum atomic E-state index is 10.5. The predicted molar refractivity (Wildman–Crippen MR) is 56.3 cm³/mol. The number of rotatable bonds is 6. The second-order valence-electron chi connectivity index (χ2n) is 3.59. The van der Waals surface area contributed by atoms with Gasteiger partial charge in [-0.3, -0.25) is 4.79 Å². The predicted octanol–water partition coefficient (Wildman–Crippen LogP) is 0.440. The number of carboxylic acids is 1. The molecule has 0 amide bonds. The summed E-state index contributed by atoms with van der Waals surface area (Å²) in [6.45, 7) is 4.81.